The summed E-state index contributed by atoms with van der Waals surface area (Å²) in [5, 5.41) is 9.62. The Morgan fingerprint density at radius 1 is 0.938 bits per heavy atom. The number of hydrogen-bond donors (Lipinski definition) is 1. The van der Waals surface area contributed by atoms with Crippen molar-refractivity contribution in [3.05, 3.63) is 53.6 Å². The maximum atomic E-state index is 9.62. The molecule has 1 N–H and O–H groups in total. The Balaban J connectivity index is 2.38. The van der Waals surface area contributed by atoms with Crippen LogP contribution < -0.4 is 4.74 Å². The quantitative estimate of drug-likeness (QED) is 0.823. The van der Waals surface area contributed by atoms with Crippen LogP contribution in [0.2, 0.25) is 0 Å². The fraction of sp³-hybridized carbons (Fsp3) is 0.143. The van der Waals surface area contributed by atoms with E-state index in [1.54, 1.807) is 6.07 Å². The molecule has 2 heteroatoms. The monoisotopic (exact) mass is 214 g/mol. The molecule has 82 valence electrons. The van der Waals surface area contributed by atoms with Gasteiger partial charge in [0, 0.05) is 5.56 Å². The first-order valence-electron chi connectivity index (χ1n) is 5.20. The van der Waals surface area contributed by atoms with Crippen molar-refractivity contribution >= 4 is 0 Å². The van der Waals surface area contributed by atoms with Crippen molar-refractivity contribution < 1.29 is 9.84 Å². The molecular formula is C14H14O2. The van der Waals surface area contributed by atoms with Crippen molar-refractivity contribution in [3.8, 4) is 17.2 Å². The molecule has 0 aliphatic heterocycles. The summed E-state index contributed by atoms with van der Waals surface area (Å²) in [7, 11) is 0. The van der Waals surface area contributed by atoms with Gasteiger partial charge in [0.05, 0.1) is 0 Å². The Labute approximate surface area is 95.1 Å². The highest BCUT2D eigenvalue weighted by Crippen LogP contribution is 2.33. The molecule has 0 saturated carbocycles. The van der Waals surface area contributed by atoms with E-state index in [1.165, 1.54) is 0 Å². The Bertz CT molecular complexity index is 490. The smallest absolute Gasteiger partial charge is 0.136 e. The van der Waals surface area contributed by atoms with Crippen LogP contribution in [-0.4, -0.2) is 5.11 Å². The molecule has 0 bridgehead atoms. The molecule has 16 heavy (non-hydrogen) atoms. The highest BCUT2D eigenvalue weighted by atomic mass is 16.5. The fourth-order valence-electron chi connectivity index (χ4n) is 1.58. The van der Waals surface area contributed by atoms with Gasteiger partial charge in [0.25, 0.3) is 0 Å². The zero-order valence-corrected chi connectivity index (χ0v) is 9.40. The molecule has 2 aromatic carbocycles. The van der Waals surface area contributed by atoms with Gasteiger partial charge >= 0.3 is 0 Å². The molecule has 0 atom stereocenters. The maximum Gasteiger partial charge on any atom is 0.136 e. The number of benzene rings is 2. The van der Waals surface area contributed by atoms with Crippen molar-refractivity contribution in [1.82, 2.24) is 0 Å². The molecule has 2 rings (SSSR count). The average Bonchev–Trinajstić information content (AvgIpc) is 2.31. The molecule has 0 saturated heterocycles. The largest absolute Gasteiger partial charge is 0.508 e. The molecule has 0 amide bonds. The molecule has 2 nitrogen and oxygen atoms in total. The van der Waals surface area contributed by atoms with Crippen molar-refractivity contribution in [3.63, 3.8) is 0 Å². The topological polar surface area (TPSA) is 29.5 Å². The van der Waals surface area contributed by atoms with Gasteiger partial charge < -0.3 is 9.84 Å². The lowest BCUT2D eigenvalue weighted by molar-refractivity contribution is 0.446. The zero-order valence-electron chi connectivity index (χ0n) is 9.40. The first-order valence-corrected chi connectivity index (χ1v) is 5.20. The minimum absolute atomic E-state index is 0.261. The number of para-hydroxylation sites is 1. The molecule has 0 radical (unpaired) electrons. The summed E-state index contributed by atoms with van der Waals surface area (Å²) in [5.41, 5.74) is 1.78. The Morgan fingerprint density at radius 3 is 2.31 bits per heavy atom. The number of hydrogen-bond acceptors (Lipinski definition) is 2. The van der Waals surface area contributed by atoms with Crippen LogP contribution in [-0.2, 0) is 0 Å². The highest BCUT2D eigenvalue weighted by Gasteiger charge is 2.08. The predicted molar refractivity (Wildman–Crippen MR) is 64.1 cm³/mol. The number of ether oxygens (including phenoxy) is 1. The summed E-state index contributed by atoms with van der Waals surface area (Å²) >= 11 is 0. The highest BCUT2D eigenvalue weighted by molar-refractivity contribution is 5.49. The van der Waals surface area contributed by atoms with E-state index >= 15 is 0 Å². The maximum absolute atomic E-state index is 9.62. The lowest BCUT2D eigenvalue weighted by Gasteiger charge is -2.12. The van der Waals surface area contributed by atoms with E-state index in [9.17, 15) is 5.11 Å². The minimum Gasteiger partial charge on any atom is -0.508 e. The molecule has 0 aliphatic rings. The predicted octanol–water partition coefficient (Wildman–Crippen LogP) is 3.80. The molecule has 2 aromatic rings. The second-order valence-corrected chi connectivity index (χ2v) is 3.77. The normalized spacial score (nSPS) is 10.1. The lowest BCUT2D eigenvalue weighted by atomic mass is 10.1. The summed E-state index contributed by atoms with van der Waals surface area (Å²) in [6, 6.07) is 13.1. The molecule has 0 aliphatic carbocycles. The molecular weight excluding hydrogens is 200 g/mol. The summed E-state index contributed by atoms with van der Waals surface area (Å²) < 4.78 is 5.76. The van der Waals surface area contributed by atoms with Gasteiger partial charge in [-0.05, 0) is 37.6 Å². The van der Waals surface area contributed by atoms with Gasteiger partial charge in [-0.25, -0.2) is 0 Å². The van der Waals surface area contributed by atoms with E-state index in [-0.39, 0.29) is 5.75 Å². The van der Waals surface area contributed by atoms with Crippen LogP contribution in [0.15, 0.2) is 42.5 Å². The zero-order chi connectivity index (χ0) is 11.5. The summed E-state index contributed by atoms with van der Waals surface area (Å²) in [6.45, 7) is 3.81. The van der Waals surface area contributed by atoms with Crippen molar-refractivity contribution in [2.45, 2.75) is 13.8 Å². The van der Waals surface area contributed by atoms with E-state index in [2.05, 4.69) is 0 Å². The third-order valence-corrected chi connectivity index (χ3v) is 2.54. The second kappa shape index (κ2) is 4.27. The van der Waals surface area contributed by atoms with Crippen LogP contribution in [0.25, 0.3) is 0 Å². The Hall–Kier alpha value is -1.96. The van der Waals surface area contributed by atoms with Gasteiger partial charge in [0.1, 0.15) is 17.2 Å². The molecule has 0 aromatic heterocycles. The Kier molecular flexibility index (Phi) is 2.82. The molecule has 0 heterocycles. The van der Waals surface area contributed by atoms with Gasteiger partial charge in [-0.15, -0.1) is 0 Å². The minimum atomic E-state index is 0.261. The summed E-state index contributed by atoms with van der Waals surface area (Å²) in [6.07, 6.45) is 0. The van der Waals surface area contributed by atoms with Crippen LogP contribution in [0.1, 0.15) is 11.1 Å². The van der Waals surface area contributed by atoms with Crippen molar-refractivity contribution in [1.29, 1.82) is 0 Å². The van der Waals surface area contributed by atoms with E-state index in [0.29, 0.717) is 0 Å². The van der Waals surface area contributed by atoms with E-state index < -0.39 is 0 Å². The first-order chi connectivity index (χ1) is 7.68. The van der Waals surface area contributed by atoms with Crippen molar-refractivity contribution in [2.24, 2.45) is 0 Å². The van der Waals surface area contributed by atoms with E-state index in [1.807, 2.05) is 50.2 Å². The summed E-state index contributed by atoms with van der Waals surface area (Å²) in [5.74, 6) is 1.77. The van der Waals surface area contributed by atoms with Crippen LogP contribution >= 0.6 is 0 Å². The standard InChI is InChI=1S/C14H14O2/c1-10-8-9-13(15)11(2)14(10)16-12-6-4-3-5-7-12/h3-9,15H,1-2H3. The van der Waals surface area contributed by atoms with Gasteiger partial charge in [0.15, 0.2) is 0 Å². The van der Waals surface area contributed by atoms with Gasteiger partial charge in [-0.3, -0.25) is 0 Å². The molecule has 0 spiro atoms. The Morgan fingerprint density at radius 2 is 1.62 bits per heavy atom. The molecule has 0 fully saturated rings. The van der Waals surface area contributed by atoms with Crippen LogP contribution in [0, 0.1) is 13.8 Å². The number of aromatic hydroxyl groups is 1. The van der Waals surface area contributed by atoms with Gasteiger partial charge in [-0.1, -0.05) is 24.3 Å². The SMILES string of the molecule is Cc1ccc(O)c(C)c1Oc1ccccc1. The average molecular weight is 214 g/mol. The number of phenolic OH excluding ortho intramolecular Hbond substituents is 1. The third kappa shape index (κ3) is 2.01. The third-order valence-electron chi connectivity index (χ3n) is 2.54. The summed E-state index contributed by atoms with van der Waals surface area (Å²) in [4.78, 5) is 0. The second-order valence-electron chi connectivity index (χ2n) is 3.77. The van der Waals surface area contributed by atoms with Crippen molar-refractivity contribution in [2.75, 3.05) is 0 Å². The molecule has 0 unspecified atom stereocenters. The fourth-order valence-corrected chi connectivity index (χ4v) is 1.58. The van der Waals surface area contributed by atoms with Crippen LogP contribution in [0.3, 0.4) is 0 Å². The van der Waals surface area contributed by atoms with Gasteiger partial charge in [0.2, 0.25) is 0 Å². The lowest BCUT2D eigenvalue weighted by Crippen LogP contribution is -1.91. The number of rotatable bonds is 2. The van der Waals surface area contributed by atoms with Gasteiger partial charge in [-0.2, -0.15) is 0 Å². The van der Waals surface area contributed by atoms with Crippen LogP contribution in [0.5, 0.6) is 17.2 Å². The number of aryl methyl sites for hydroxylation is 1. The number of phenols is 1. The van der Waals surface area contributed by atoms with E-state index in [4.69, 9.17) is 4.74 Å². The van der Waals surface area contributed by atoms with Crippen LogP contribution in [0.4, 0.5) is 0 Å². The first kappa shape index (κ1) is 10.6. The van der Waals surface area contributed by atoms with E-state index in [0.717, 1.165) is 22.6 Å².